The topological polar surface area (TPSA) is 76.9 Å². The molecule has 1 fully saturated rings. The Kier molecular flexibility index (Phi) is 5.14. The van der Waals surface area contributed by atoms with Crippen molar-refractivity contribution in [1.29, 1.82) is 0 Å². The molecule has 2 rings (SSSR count). The van der Waals surface area contributed by atoms with Crippen LogP contribution in [0.2, 0.25) is 0 Å². The van der Waals surface area contributed by atoms with Crippen LogP contribution in [-0.4, -0.2) is 56.3 Å². The monoisotopic (exact) mass is 281 g/mol. The van der Waals surface area contributed by atoms with Crippen LogP contribution in [0.4, 0.5) is 11.4 Å². The molecule has 1 aromatic rings. The predicted octanol–water partition coefficient (Wildman–Crippen LogP) is 1.35. The van der Waals surface area contributed by atoms with Crippen LogP contribution in [0.25, 0.3) is 0 Å². The number of hydrogen-bond donors (Lipinski definition) is 1. The van der Waals surface area contributed by atoms with Gasteiger partial charge in [0.25, 0.3) is 5.69 Å². The fraction of sp³-hybridized carbons (Fsp3) is 0.538. The maximum absolute atomic E-state index is 11.0. The van der Waals surface area contributed by atoms with Crippen LogP contribution >= 0.6 is 0 Å². The number of hydrogen-bond acceptors (Lipinski definition) is 6. The highest BCUT2D eigenvalue weighted by atomic mass is 16.6. The minimum absolute atomic E-state index is 0.0336. The highest BCUT2D eigenvalue weighted by molar-refractivity contribution is 5.69. The first-order chi connectivity index (χ1) is 9.72. The molecule has 1 aliphatic rings. The van der Waals surface area contributed by atoms with Gasteiger partial charge in [0.1, 0.15) is 5.75 Å². The van der Waals surface area contributed by atoms with E-state index in [2.05, 4.69) is 10.2 Å². The Labute approximate surface area is 117 Å². The van der Waals surface area contributed by atoms with Gasteiger partial charge in [-0.2, -0.15) is 0 Å². The number of methoxy groups -OCH3 is 1. The summed E-state index contributed by atoms with van der Waals surface area (Å²) in [7, 11) is 1.51. The summed E-state index contributed by atoms with van der Waals surface area (Å²) in [6, 6.07) is 4.80. The molecule has 1 saturated heterocycles. The summed E-state index contributed by atoms with van der Waals surface area (Å²) in [5.74, 6) is 0.487. The second kappa shape index (κ2) is 7.06. The fourth-order valence-corrected chi connectivity index (χ4v) is 2.18. The number of nitro benzene ring substituents is 1. The third kappa shape index (κ3) is 3.58. The van der Waals surface area contributed by atoms with Gasteiger partial charge in [-0.25, -0.2) is 0 Å². The third-order valence-electron chi connectivity index (χ3n) is 3.25. The van der Waals surface area contributed by atoms with Gasteiger partial charge in [-0.15, -0.1) is 0 Å². The van der Waals surface area contributed by atoms with Crippen molar-refractivity contribution in [1.82, 2.24) is 4.90 Å². The molecule has 110 valence electrons. The average Bonchev–Trinajstić information content (AvgIpc) is 2.48. The van der Waals surface area contributed by atoms with E-state index in [1.165, 1.54) is 13.2 Å². The van der Waals surface area contributed by atoms with Crippen LogP contribution in [0, 0.1) is 10.1 Å². The van der Waals surface area contributed by atoms with E-state index in [4.69, 9.17) is 9.47 Å². The van der Waals surface area contributed by atoms with Crippen molar-refractivity contribution in [3.63, 3.8) is 0 Å². The first-order valence-electron chi connectivity index (χ1n) is 6.57. The molecule has 0 saturated carbocycles. The zero-order valence-corrected chi connectivity index (χ0v) is 11.5. The first kappa shape index (κ1) is 14.5. The summed E-state index contributed by atoms with van der Waals surface area (Å²) < 4.78 is 10.5. The van der Waals surface area contributed by atoms with E-state index in [0.29, 0.717) is 18.0 Å². The minimum Gasteiger partial charge on any atom is -0.494 e. The van der Waals surface area contributed by atoms with E-state index in [1.54, 1.807) is 12.1 Å². The SMILES string of the molecule is COc1cccc([N+](=O)[O-])c1NCCN1CCOCC1. The maximum atomic E-state index is 11.0. The van der Waals surface area contributed by atoms with Gasteiger partial charge < -0.3 is 14.8 Å². The summed E-state index contributed by atoms with van der Waals surface area (Å²) in [6.45, 7) is 4.73. The van der Waals surface area contributed by atoms with E-state index < -0.39 is 4.92 Å². The quantitative estimate of drug-likeness (QED) is 0.626. The smallest absolute Gasteiger partial charge is 0.296 e. The van der Waals surface area contributed by atoms with Crippen molar-refractivity contribution in [2.75, 3.05) is 51.8 Å². The van der Waals surface area contributed by atoms with Crippen LogP contribution in [0.5, 0.6) is 5.75 Å². The van der Waals surface area contributed by atoms with Crippen LogP contribution in [0.15, 0.2) is 18.2 Å². The van der Waals surface area contributed by atoms with Gasteiger partial charge in [0, 0.05) is 32.2 Å². The molecule has 20 heavy (non-hydrogen) atoms. The van der Waals surface area contributed by atoms with Crippen molar-refractivity contribution in [2.24, 2.45) is 0 Å². The van der Waals surface area contributed by atoms with Gasteiger partial charge in [0.05, 0.1) is 25.2 Å². The van der Waals surface area contributed by atoms with Gasteiger partial charge in [0.15, 0.2) is 5.69 Å². The number of nitrogens with zero attached hydrogens (tertiary/aromatic N) is 2. The number of morpholine rings is 1. The molecular formula is C13H19N3O4. The molecule has 1 aliphatic heterocycles. The highest BCUT2D eigenvalue weighted by Gasteiger charge is 2.18. The van der Waals surface area contributed by atoms with Crippen molar-refractivity contribution in [3.05, 3.63) is 28.3 Å². The van der Waals surface area contributed by atoms with E-state index >= 15 is 0 Å². The predicted molar refractivity (Wildman–Crippen MR) is 75.4 cm³/mol. The van der Waals surface area contributed by atoms with Crippen molar-refractivity contribution < 1.29 is 14.4 Å². The van der Waals surface area contributed by atoms with Gasteiger partial charge in [-0.05, 0) is 6.07 Å². The van der Waals surface area contributed by atoms with Gasteiger partial charge >= 0.3 is 0 Å². The van der Waals surface area contributed by atoms with E-state index in [1.807, 2.05) is 0 Å². The standard InChI is InChI=1S/C13H19N3O4/c1-19-12-4-2-3-11(16(17)18)13(12)14-5-6-15-7-9-20-10-8-15/h2-4,14H,5-10H2,1H3. The molecule has 0 spiro atoms. The zero-order valence-electron chi connectivity index (χ0n) is 11.5. The number of ether oxygens (including phenoxy) is 2. The van der Waals surface area contributed by atoms with Crippen LogP contribution in [0.1, 0.15) is 0 Å². The molecule has 7 nitrogen and oxygen atoms in total. The summed E-state index contributed by atoms with van der Waals surface area (Å²) in [6.07, 6.45) is 0. The molecule has 0 radical (unpaired) electrons. The Morgan fingerprint density at radius 3 is 2.85 bits per heavy atom. The Balaban J connectivity index is 1.98. The lowest BCUT2D eigenvalue weighted by Gasteiger charge is -2.26. The highest BCUT2D eigenvalue weighted by Crippen LogP contribution is 2.33. The summed E-state index contributed by atoms with van der Waals surface area (Å²) in [4.78, 5) is 12.9. The van der Waals surface area contributed by atoms with E-state index in [0.717, 1.165) is 32.8 Å². The van der Waals surface area contributed by atoms with Crippen LogP contribution in [0.3, 0.4) is 0 Å². The lowest BCUT2D eigenvalue weighted by Crippen LogP contribution is -2.39. The minimum atomic E-state index is -0.403. The number of para-hydroxylation sites is 1. The van der Waals surface area contributed by atoms with Crippen LogP contribution < -0.4 is 10.1 Å². The lowest BCUT2D eigenvalue weighted by atomic mass is 10.2. The Bertz CT molecular complexity index is 461. The molecule has 0 amide bonds. The molecule has 7 heteroatoms. The Morgan fingerprint density at radius 1 is 1.45 bits per heavy atom. The molecule has 0 aliphatic carbocycles. The van der Waals surface area contributed by atoms with Crippen molar-refractivity contribution in [2.45, 2.75) is 0 Å². The Morgan fingerprint density at radius 2 is 2.20 bits per heavy atom. The van der Waals surface area contributed by atoms with E-state index in [9.17, 15) is 10.1 Å². The third-order valence-corrected chi connectivity index (χ3v) is 3.25. The molecule has 1 N–H and O–H groups in total. The second-order valence-corrected chi connectivity index (χ2v) is 4.49. The molecule has 0 bridgehead atoms. The fourth-order valence-electron chi connectivity index (χ4n) is 2.18. The van der Waals surface area contributed by atoms with Crippen molar-refractivity contribution in [3.8, 4) is 5.75 Å². The zero-order chi connectivity index (χ0) is 14.4. The molecule has 1 heterocycles. The molecular weight excluding hydrogens is 262 g/mol. The number of anilines is 1. The maximum Gasteiger partial charge on any atom is 0.296 e. The first-order valence-corrected chi connectivity index (χ1v) is 6.57. The molecule has 0 unspecified atom stereocenters. The van der Waals surface area contributed by atoms with Gasteiger partial charge in [0.2, 0.25) is 0 Å². The normalized spacial score (nSPS) is 15.8. The van der Waals surface area contributed by atoms with E-state index in [-0.39, 0.29) is 5.69 Å². The van der Waals surface area contributed by atoms with Gasteiger partial charge in [-0.1, -0.05) is 6.07 Å². The average molecular weight is 281 g/mol. The van der Waals surface area contributed by atoms with Crippen LogP contribution in [-0.2, 0) is 4.74 Å². The lowest BCUT2D eigenvalue weighted by molar-refractivity contribution is -0.384. The molecule has 1 aromatic carbocycles. The van der Waals surface area contributed by atoms with Crippen molar-refractivity contribution >= 4 is 11.4 Å². The second-order valence-electron chi connectivity index (χ2n) is 4.49. The summed E-state index contributed by atoms with van der Waals surface area (Å²) >= 11 is 0. The Hall–Kier alpha value is -1.86. The number of rotatable bonds is 6. The number of nitrogens with one attached hydrogen (secondary N) is 1. The largest absolute Gasteiger partial charge is 0.494 e. The summed E-state index contributed by atoms with van der Waals surface area (Å²) in [5, 5.41) is 14.2. The number of benzene rings is 1. The molecule has 0 aromatic heterocycles. The summed E-state index contributed by atoms with van der Waals surface area (Å²) in [5.41, 5.74) is 0.472. The number of nitro groups is 1. The molecule has 0 atom stereocenters. The van der Waals surface area contributed by atoms with Gasteiger partial charge in [-0.3, -0.25) is 15.0 Å².